The summed E-state index contributed by atoms with van der Waals surface area (Å²) in [4.78, 5) is 12.0. The predicted octanol–water partition coefficient (Wildman–Crippen LogP) is 1.47. The van der Waals surface area contributed by atoms with Crippen LogP contribution in [0.25, 0.3) is 0 Å². The molecule has 2 aliphatic rings. The van der Waals surface area contributed by atoms with Gasteiger partial charge in [-0.05, 0) is 37.5 Å². The highest BCUT2D eigenvalue weighted by Crippen LogP contribution is 2.34. The molecule has 2 fully saturated rings. The molecule has 1 saturated carbocycles. The smallest absolute Gasteiger partial charge is 0.237 e. The standard InChI is InChI=1S/C13H24N2O2.ClH/c1-2-3-10-8-11(10)15-13(16)12(14)9-4-6-17-7-5-9;/h9-12H,2-8,14H2,1H3,(H,15,16);1H. The van der Waals surface area contributed by atoms with Crippen molar-refractivity contribution in [1.29, 1.82) is 0 Å². The molecule has 4 nitrogen and oxygen atoms in total. The zero-order valence-corrected chi connectivity index (χ0v) is 11.9. The Morgan fingerprint density at radius 1 is 1.44 bits per heavy atom. The van der Waals surface area contributed by atoms with Gasteiger partial charge in [-0.25, -0.2) is 0 Å². The van der Waals surface area contributed by atoms with E-state index in [1.807, 2.05) is 0 Å². The third-order valence-electron chi connectivity index (χ3n) is 3.99. The van der Waals surface area contributed by atoms with Crippen LogP contribution in [0.15, 0.2) is 0 Å². The van der Waals surface area contributed by atoms with Gasteiger partial charge in [-0.3, -0.25) is 4.79 Å². The zero-order valence-electron chi connectivity index (χ0n) is 11.1. The number of carbonyl (C=O) groups excluding carboxylic acids is 1. The highest BCUT2D eigenvalue weighted by atomic mass is 35.5. The molecule has 0 aromatic heterocycles. The summed E-state index contributed by atoms with van der Waals surface area (Å²) in [7, 11) is 0. The number of hydrogen-bond acceptors (Lipinski definition) is 3. The Labute approximate surface area is 115 Å². The third kappa shape index (κ3) is 4.11. The zero-order chi connectivity index (χ0) is 12.3. The fourth-order valence-electron chi connectivity index (χ4n) is 2.68. The van der Waals surface area contributed by atoms with E-state index in [4.69, 9.17) is 10.5 Å². The molecule has 3 N–H and O–H groups in total. The molecular weight excluding hydrogens is 252 g/mol. The fourth-order valence-corrected chi connectivity index (χ4v) is 2.68. The molecule has 0 radical (unpaired) electrons. The minimum Gasteiger partial charge on any atom is -0.381 e. The number of amides is 1. The van der Waals surface area contributed by atoms with E-state index in [1.165, 1.54) is 12.8 Å². The highest BCUT2D eigenvalue weighted by Gasteiger charge is 2.38. The maximum absolute atomic E-state index is 12.0. The van der Waals surface area contributed by atoms with Crippen molar-refractivity contribution < 1.29 is 9.53 Å². The molecule has 0 bridgehead atoms. The normalized spacial score (nSPS) is 29.2. The first-order valence-electron chi connectivity index (χ1n) is 6.86. The Hall–Kier alpha value is -0.320. The fraction of sp³-hybridized carbons (Fsp3) is 0.923. The van der Waals surface area contributed by atoms with E-state index in [2.05, 4.69) is 12.2 Å². The van der Waals surface area contributed by atoms with Crippen LogP contribution in [-0.2, 0) is 9.53 Å². The van der Waals surface area contributed by atoms with Crippen LogP contribution in [0.5, 0.6) is 0 Å². The summed E-state index contributed by atoms with van der Waals surface area (Å²) in [6.45, 7) is 3.67. The Balaban J connectivity index is 0.00000162. The molecule has 5 heteroatoms. The summed E-state index contributed by atoms with van der Waals surface area (Å²) in [6.07, 6.45) is 5.38. The van der Waals surface area contributed by atoms with Gasteiger partial charge in [0, 0.05) is 19.3 Å². The van der Waals surface area contributed by atoms with E-state index in [1.54, 1.807) is 0 Å². The Kier molecular flexibility index (Phi) is 6.39. The molecule has 1 aliphatic carbocycles. The van der Waals surface area contributed by atoms with Gasteiger partial charge in [-0.2, -0.15) is 0 Å². The number of ether oxygens (including phenoxy) is 1. The molecule has 0 spiro atoms. The van der Waals surface area contributed by atoms with Crippen molar-refractivity contribution in [3.05, 3.63) is 0 Å². The Morgan fingerprint density at radius 2 is 2.11 bits per heavy atom. The molecule has 0 aromatic carbocycles. The maximum atomic E-state index is 12.0. The van der Waals surface area contributed by atoms with Gasteiger partial charge in [0.1, 0.15) is 0 Å². The van der Waals surface area contributed by atoms with Gasteiger partial charge in [0.05, 0.1) is 6.04 Å². The van der Waals surface area contributed by atoms with Gasteiger partial charge in [0.25, 0.3) is 0 Å². The number of nitrogens with one attached hydrogen (secondary N) is 1. The largest absolute Gasteiger partial charge is 0.381 e. The molecule has 3 unspecified atom stereocenters. The minimum atomic E-state index is -0.346. The quantitative estimate of drug-likeness (QED) is 0.799. The van der Waals surface area contributed by atoms with Crippen molar-refractivity contribution in [3.8, 4) is 0 Å². The molecule has 18 heavy (non-hydrogen) atoms. The van der Waals surface area contributed by atoms with Crippen molar-refractivity contribution in [2.24, 2.45) is 17.6 Å². The van der Waals surface area contributed by atoms with E-state index < -0.39 is 0 Å². The molecule has 1 heterocycles. The number of halogens is 1. The number of hydrogen-bond donors (Lipinski definition) is 2. The average Bonchev–Trinajstić information content (AvgIpc) is 3.08. The van der Waals surface area contributed by atoms with Gasteiger partial charge in [0.15, 0.2) is 0 Å². The predicted molar refractivity (Wildman–Crippen MR) is 73.7 cm³/mol. The van der Waals surface area contributed by atoms with E-state index in [0.717, 1.165) is 32.5 Å². The van der Waals surface area contributed by atoms with E-state index in [0.29, 0.717) is 17.9 Å². The lowest BCUT2D eigenvalue weighted by Crippen LogP contribution is -2.48. The van der Waals surface area contributed by atoms with Crippen LogP contribution in [0.4, 0.5) is 0 Å². The molecule has 0 aromatic rings. The topological polar surface area (TPSA) is 64.4 Å². The van der Waals surface area contributed by atoms with Crippen molar-refractivity contribution >= 4 is 18.3 Å². The molecule has 3 atom stereocenters. The first kappa shape index (κ1) is 15.7. The van der Waals surface area contributed by atoms with Crippen molar-refractivity contribution in [3.63, 3.8) is 0 Å². The Bertz CT molecular complexity index is 270. The minimum absolute atomic E-state index is 0. The number of rotatable bonds is 5. The van der Waals surface area contributed by atoms with Crippen LogP contribution >= 0.6 is 12.4 Å². The molecule has 1 saturated heterocycles. The van der Waals surface area contributed by atoms with Crippen LogP contribution in [0, 0.1) is 11.8 Å². The summed E-state index contributed by atoms with van der Waals surface area (Å²) in [6, 6.07) is 0.0510. The van der Waals surface area contributed by atoms with Crippen LogP contribution < -0.4 is 11.1 Å². The Morgan fingerprint density at radius 3 is 2.72 bits per heavy atom. The summed E-state index contributed by atoms with van der Waals surface area (Å²) >= 11 is 0. The SMILES string of the molecule is CCCC1CC1NC(=O)C(N)C1CCOCC1.Cl. The molecule has 2 rings (SSSR count). The first-order valence-corrected chi connectivity index (χ1v) is 6.86. The lowest BCUT2D eigenvalue weighted by Gasteiger charge is -2.26. The van der Waals surface area contributed by atoms with E-state index >= 15 is 0 Å². The van der Waals surface area contributed by atoms with Crippen LogP contribution in [0.2, 0.25) is 0 Å². The van der Waals surface area contributed by atoms with Crippen LogP contribution in [-0.4, -0.2) is 31.2 Å². The van der Waals surface area contributed by atoms with E-state index in [9.17, 15) is 4.79 Å². The van der Waals surface area contributed by atoms with Gasteiger partial charge in [0.2, 0.25) is 5.91 Å². The van der Waals surface area contributed by atoms with Gasteiger partial charge in [-0.1, -0.05) is 13.3 Å². The van der Waals surface area contributed by atoms with Gasteiger partial charge < -0.3 is 15.8 Å². The summed E-state index contributed by atoms with van der Waals surface area (Å²) < 4.78 is 5.28. The number of carbonyl (C=O) groups is 1. The lowest BCUT2D eigenvalue weighted by molar-refractivity contribution is -0.124. The first-order chi connectivity index (χ1) is 8.22. The summed E-state index contributed by atoms with van der Waals surface area (Å²) in [5.74, 6) is 1.04. The maximum Gasteiger partial charge on any atom is 0.237 e. The highest BCUT2D eigenvalue weighted by molar-refractivity contribution is 5.85. The molecule has 106 valence electrons. The van der Waals surface area contributed by atoms with E-state index in [-0.39, 0.29) is 24.4 Å². The summed E-state index contributed by atoms with van der Waals surface area (Å²) in [5.41, 5.74) is 6.02. The van der Waals surface area contributed by atoms with Crippen molar-refractivity contribution in [1.82, 2.24) is 5.32 Å². The van der Waals surface area contributed by atoms with Crippen LogP contribution in [0.3, 0.4) is 0 Å². The lowest BCUT2D eigenvalue weighted by atomic mass is 9.92. The summed E-state index contributed by atoms with van der Waals surface area (Å²) in [5, 5.41) is 3.08. The van der Waals surface area contributed by atoms with Gasteiger partial charge in [-0.15, -0.1) is 12.4 Å². The third-order valence-corrected chi connectivity index (χ3v) is 3.99. The average molecular weight is 277 g/mol. The number of nitrogens with two attached hydrogens (primary N) is 1. The van der Waals surface area contributed by atoms with Crippen molar-refractivity contribution in [2.45, 2.75) is 51.1 Å². The van der Waals surface area contributed by atoms with Gasteiger partial charge >= 0.3 is 0 Å². The monoisotopic (exact) mass is 276 g/mol. The second kappa shape index (κ2) is 7.31. The second-order valence-corrected chi connectivity index (χ2v) is 5.38. The molecule has 1 amide bonds. The van der Waals surface area contributed by atoms with Crippen LogP contribution in [0.1, 0.15) is 39.0 Å². The molecule has 1 aliphatic heterocycles. The second-order valence-electron chi connectivity index (χ2n) is 5.38. The van der Waals surface area contributed by atoms with Crippen molar-refractivity contribution in [2.75, 3.05) is 13.2 Å². The molecular formula is C13H25ClN2O2.